The van der Waals surface area contributed by atoms with Gasteiger partial charge in [-0.2, -0.15) is 4.98 Å². The molecule has 4 nitrogen and oxygen atoms in total. The van der Waals surface area contributed by atoms with E-state index in [1.54, 1.807) is 18.2 Å². The van der Waals surface area contributed by atoms with E-state index in [0.717, 1.165) is 0 Å². The Morgan fingerprint density at radius 2 is 2.19 bits per heavy atom. The highest BCUT2D eigenvalue weighted by Crippen LogP contribution is 2.20. The number of nitrogens with one attached hydrogen (secondary N) is 1. The van der Waals surface area contributed by atoms with Crippen LogP contribution in [-0.2, 0) is 0 Å². The fraction of sp³-hybridized carbons (Fsp3) is 0.273. The van der Waals surface area contributed by atoms with Crippen molar-refractivity contribution in [3.05, 3.63) is 33.6 Å². The van der Waals surface area contributed by atoms with Gasteiger partial charge in [-0.05, 0) is 26.0 Å². The lowest BCUT2D eigenvalue weighted by Gasteiger charge is -2.07. The lowest BCUT2D eigenvalue weighted by Crippen LogP contribution is -2.14. The lowest BCUT2D eigenvalue weighted by atomic mass is 10.2. The lowest BCUT2D eigenvalue weighted by molar-refractivity contribution is 0.511. The Labute approximate surface area is 97.2 Å². The summed E-state index contributed by atoms with van der Waals surface area (Å²) >= 11 is 5.97. The molecule has 0 aliphatic rings. The molecule has 0 unspecified atom stereocenters. The average molecular weight is 239 g/mol. The van der Waals surface area contributed by atoms with E-state index in [1.807, 2.05) is 13.8 Å². The highest BCUT2D eigenvalue weighted by Gasteiger charge is 2.09. The van der Waals surface area contributed by atoms with Gasteiger partial charge in [0.1, 0.15) is 5.52 Å². The second-order valence-electron chi connectivity index (χ2n) is 3.74. The number of rotatable bonds is 2. The van der Waals surface area contributed by atoms with E-state index in [1.165, 1.54) is 0 Å². The first-order chi connectivity index (χ1) is 7.58. The Morgan fingerprint density at radius 1 is 1.44 bits per heavy atom. The summed E-state index contributed by atoms with van der Waals surface area (Å²) in [6.45, 7) is 3.86. The minimum atomic E-state index is -0.435. The molecule has 0 bridgehead atoms. The molecular formula is C11H11ClN2O2. The molecule has 0 saturated carbocycles. The van der Waals surface area contributed by atoms with E-state index >= 15 is 0 Å². The van der Waals surface area contributed by atoms with Gasteiger partial charge >= 0.3 is 5.63 Å². The maximum atomic E-state index is 11.6. The molecule has 2 aromatic rings. The van der Waals surface area contributed by atoms with Gasteiger partial charge in [-0.3, -0.25) is 0 Å². The second-order valence-corrected chi connectivity index (χ2v) is 4.15. The summed E-state index contributed by atoms with van der Waals surface area (Å²) < 4.78 is 5.02. The molecule has 0 saturated heterocycles. The van der Waals surface area contributed by atoms with E-state index in [4.69, 9.17) is 16.0 Å². The zero-order valence-corrected chi connectivity index (χ0v) is 9.71. The van der Waals surface area contributed by atoms with E-state index in [0.29, 0.717) is 15.9 Å². The molecule has 0 atom stereocenters. The first-order valence-electron chi connectivity index (χ1n) is 4.94. The van der Waals surface area contributed by atoms with Crippen molar-refractivity contribution in [3.63, 3.8) is 0 Å². The van der Waals surface area contributed by atoms with Gasteiger partial charge in [-0.25, -0.2) is 4.79 Å². The van der Waals surface area contributed by atoms with Crippen LogP contribution in [0.4, 0.5) is 6.01 Å². The zero-order chi connectivity index (χ0) is 11.7. The number of para-hydroxylation sites is 1. The third-order valence-corrected chi connectivity index (χ3v) is 2.33. The molecule has 1 aromatic heterocycles. The topological polar surface area (TPSA) is 55.1 Å². The van der Waals surface area contributed by atoms with Gasteiger partial charge in [-0.15, -0.1) is 0 Å². The standard InChI is InChI=1S/C11H11ClN2O2/c1-6(2)13-11-14-9-7(10(15)16-11)4-3-5-8(9)12/h3-6H,1-2H3,(H,13,14). The monoisotopic (exact) mass is 238 g/mol. The van der Waals surface area contributed by atoms with E-state index in [-0.39, 0.29) is 12.1 Å². The minimum absolute atomic E-state index is 0.135. The summed E-state index contributed by atoms with van der Waals surface area (Å²) in [5, 5.41) is 3.76. The Hall–Kier alpha value is -1.55. The van der Waals surface area contributed by atoms with Crippen LogP contribution in [0.1, 0.15) is 13.8 Å². The molecular weight excluding hydrogens is 228 g/mol. The summed E-state index contributed by atoms with van der Waals surface area (Å²) in [4.78, 5) is 15.8. The fourth-order valence-electron chi connectivity index (χ4n) is 1.37. The number of benzene rings is 1. The van der Waals surface area contributed by atoms with Crippen LogP contribution in [0.15, 0.2) is 27.4 Å². The predicted molar refractivity (Wildman–Crippen MR) is 64.0 cm³/mol. The van der Waals surface area contributed by atoms with Gasteiger partial charge in [0.25, 0.3) is 6.01 Å². The van der Waals surface area contributed by atoms with Crippen LogP contribution in [0.3, 0.4) is 0 Å². The number of halogens is 1. The van der Waals surface area contributed by atoms with Gasteiger partial charge in [0.05, 0.1) is 10.4 Å². The Kier molecular flexibility index (Phi) is 2.83. The van der Waals surface area contributed by atoms with Crippen LogP contribution < -0.4 is 10.9 Å². The van der Waals surface area contributed by atoms with Crippen LogP contribution in [0.5, 0.6) is 0 Å². The van der Waals surface area contributed by atoms with Gasteiger partial charge in [0.2, 0.25) is 0 Å². The van der Waals surface area contributed by atoms with Crippen molar-refractivity contribution in [2.75, 3.05) is 5.32 Å². The molecule has 0 fully saturated rings. The van der Waals surface area contributed by atoms with Crippen LogP contribution >= 0.6 is 11.6 Å². The average Bonchev–Trinajstić information content (AvgIpc) is 2.19. The van der Waals surface area contributed by atoms with E-state index in [2.05, 4.69) is 10.3 Å². The Bertz CT molecular complexity index is 578. The van der Waals surface area contributed by atoms with Crippen molar-refractivity contribution in [1.82, 2.24) is 4.98 Å². The first kappa shape index (κ1) is 11.0. The second kappa shape index (κ2) is 4.14. The number of fused-ring (bicyclic) bond motifs is 1. The molecule has 0 aliphatic carbocycles. The molecule has 1 N–H and O–H groups in total. The quantitative estimate of drug-likeness (QED) is 0.874. The van der Waals surface area contributed by atoms with Crippen molar-refractivity contribution in [3.8, 4) is 0 Å². The maximum Gasteiger partial charge on any atom is 0.348 e. The molecule has 0 radical (unpaired) electrons. The highest BCUT2D eigenvalue weighted by molar-refractivity contribution is 6.34. The van der Waals surface area contributed by atoms with E-state index in [9.17, 15) is 4.79 Å². The molecule has 1 heterocycles. The smallest absolute Gasteiger partial charge is 0.348 e. The molecule has 0 spiro atoms. The number of nitrogens with zero attached hydrogens (tertiary/aromatic N) is 1. The summed E-state index contributed by atoms with van der Waals surface area (Å²) in [6.07, 6.45) is 0. The normalized spacial score (nSPS) is 11.0. The van der Waals surface area contributed by atoms with Crippen LogP contribution in [0.25, 0.3) is 10.9 Å². The van der Waals surface area contributed by atoms with E-state index < -0.39 is 5.63 Å². The third-order valence-electron chi connectivity index (χ3n) is 2.02. The fourth-order valence-corrected chi connectivity index (χ4v) is 1.59. The number of hydrogen-bond acceptors (Lipinski definition) is 4. The largest absolute Gasteiger partial charge is 0.389 e. The zero-order valence-electron chi connectivity index (χ0n) is 8.95. The highest BCUT2D eigenvalue weighted by atomic mass is 35.5. The van der Waals surface area contributed by atoms with Crippen molar-refractivity contribution in [2.45, 2.75) is 19.9 Å². The number of aromatic nitrogens is 1. The van der Waals surface area contributed by atoms with Crippen molar-refractivity contribution < 1.29 is 4.42 Å². The third kappa shape index (κ3) is 2.02. The molecule has 1 aromatic carbocycles. The van der Waals surface area contributed by atoms with Crippen LogP contribution in [-0.4, -0.2) is 11.0 Å². The Morgan fingerprint density at radius 3 is 2.88 bits per heavy atom. The van der Waals surface area contributed by atoms with Crippen molar-refractivity contribution in [2.24, 2.45) is 0 Å². The van der Waals surface area contributed by atoms with Crippen LogP contribution in [0, 0.1) is 0 Å². The van der Waals surface area contributed by atoms with Gasteiger partial charge < -0.3 is 9.73 Å². The molecule has 2 rings (SSSR count). The molecule has 5 heteroatoms. The summed E-state index contributed by atoms with van der Waals surface area (Å²) in [7, 11) is 0. The minimum Gasteiger partial charge on any atom is -0.389 e. The molecule has 0 aliphatic heterocycles. The van der Waals surface area contributed by atoms with Gasteiger partial charge in [-0.1, -0.05) is 17.7 Å². The molecule has 16 heavy (non-hydrogen) atoms. The molecule has 84 valence electrons. The first-order valence-corrected chi connectivity index (χ1v) is 5.31. The van der Waals surface area contributed by atoms with Crippen LogP contribution in [0.2, 0.25) is 5.02 Å². The SMILES string of the molecule is CC(C)Nc1nc2c(Cl)cccc2c(=O)o1. The predicted octanol–water partition coefficient (Wildman–Crippen LogP) is 2.66. The van der Waals surface area contributed by atoms with Gasteiger partial charge in [0.15, 0.2) is 0 Å². The van der Waals surface area contributed by atoms with Crippen molar-refractivity contribution in [1.29, 1.82) is 0 Å². The summed E-state index contributed by atoms with van der Waals surface area (Å²) in [6, 6.07) is 5.35. The Balaban J connectivity index is 2.66. The summed E-state index contributed by atoms with van der Waals surface area (Å²) in [5.41, 5.74) is 0.0271. The molecule has 0 amide bonds. The van der Waals surface area contributed by atoms with Gasteiger partial charge in [0, 0.05) is 6.04 Å². The van der Waals surface area contributed by atoms with Crippen molar-refractivity contribution >= 4 is 28.5 Å². The summed E-state index contributed by atoms with van der Waals surface area (Å²) in [5.74, 6) is 0. The maximum absolute atomic E-state index is 11.6. The number of hydrogen-bond donors (Lipinski definition) is 1. The number of anilines is 1.